The molecule has 1 rings (SSSR count). The van der Waals surface area contributed by atoms with E-state index in [1.54, 1.807) is 11.8 Å². The highest BCUT2D eigenvalue weighted by Crippen LogP contribution is 2.22. The van der Waals surface area contributed by atoms with Crippen molar-refractivity contribution in [2.24, 2.45) is 4.99 Å². The van der Waals surface area contributed by atoms with Crippen LogP contribution in [0.3, 0.4) is 0 Å². The first-order valence-electron chi connectivity index (χ1n) is 5.47. The summed E-state index contributed by atoms with van der Waals surface area (Å²) in [5, 5.41) is 0.795. The lowest BCUT2D eigenvalue weighted by Crippen LogP contribution is -2.04. The van der Waals surface area contributed by atoms with Crippen molar-refractivity contribution >= 4 is 27.9 Å². The lowest BCUT2D eigenvalue weighted by molar-refractivity contribution is 0.541. The third kappa shape index (κ3) is 5.68. The molecule has 0 saturated heterocycles. The van der Waals surface area contributed by atoms with Crippen LogP contribution in [0.4, 0.5) is 0 Å². The molecule has 2 unspecified atom stereocenters. The van der Waals surface area contributed by atoms with Gasteiger partial charge in [0.05, 0.1) is 16.8 Å². The Balaban J connectivity index is 2.16. The fourth-order valence-corrected chi connectivity index (χ4v) is 3.35. The van der Waals surface area contributed by atoms with Gasteiger partial charge in [-0.1, -0.05) is 32.6 Å². The van der Waals surface area contributed by atoms with E-state index in [9.17, 15) is 8.76 Å². The molecule has 0 spiro atoms. The molecule has 0 radical (unpaired) electrons. The molecular formula is C10H18NO2S2-. The van der Waals surface area contributed by atoms with Gasteiger partial charge in [-0.15, -0.1) is 11.8 Å². The SMILES string of the molecule is CCCCCCC1CSC(CS(=O)[O-])=N1. The topological polar surface area (TPSA) is 52.5 Å². The van der Waals surface area contributed by atoms with Crippen molar-refractivity contribution in [2.75, 3.05) is 11.5 Å². The second-order valence-corrected chi connectivity index (χ2v) is 5.77. The van der Waals surface area contributed by atoms with Crippen LogP contribution in [0.2, 0.25) is 0 Å². The van der Waals surface area contributed by atoms with Gasteiger partial charge in [-0.25, -0.2) is 0 Å². The molecule has 1 heterocycles. The Morgan fingerprint density at radius 3 is 3.00 bits per heavy atom. The van der Waals surface area contributed by atoms with Crippen LogP contribution in [-0.2, 0) is 11.1 Å². The number of aliphatic imine (C=N–C) groups is 1. The molecule has 5 heteroatoms. The highest BCUT2D eigenvalue weighted by Gasteiger charge is 2.17. The number of hydrogen-bond acceptors (Lipinski definition) is 4. The van der Waals surface area contributed by atoms with Gasteiger partial charge in [0, 0.05) is 5.75 Å². The number of thioether (sulfide) groups is 1. The maximum absolute atomic E-state index is 10.5. The van der Waals surface area contributed by atoms with Crippen molar-refractivity contribution in [3.05, 3.63) is 0 Å². The lowest BCUT2D eigenvalue weighted by atomic mass is 10.1. The first-order valence-corrected chi connectivity index (χ1v) is 7.70. The highest BCUT2D eigenvalue weighted by molar-refractivity contribution is 8.15. The van der Waals surface area contributed by atoms with Gasteiger partial charge in [-0.05, 0) is 17.5 Å². The van der Waals surface area contributed by atoms with Gasteiger partial charge in [0.15, 0.2) is 0 Å². The zero-order valence-electron chi connectivity index (χ0n) is 9.11. The molecule has 1 aliphatic rings. The van der Waals surface area contributed by atoms with Gasteiger partial charge in [-0.3, -0.25) is 9.20 Å². The van der Waals surface area contributed by atoms with Gasteiger partial charge in [0.1, 0.15) is 0 Å². The van der Waals surface area contributed by atoms with E-state index in [2.05, 4.69) is 11.9 Å². The van der Waals surface area contributed by atoms with Crippen molar-refractivity contribution in [1.29, 1.82) is 0 Å². The quantitative estimate of drug-likeness (QED) is 0.513. The number of hydrogen-bond donors (Lipinski definition) is 0. The third-order valence-electron chi connectivity index (χ3n) is 2.40. The van der Waals surface area contributed by atoms with Crippen molar-refractivity contribution in [2.45, 2.75) is 45.1 Å². The standard InChI is InChI=1S/C10H19NO2S2/c1-2-3-4-5-6-9-7-14-10(11-9)8-15(12)13/h9H,2-8H2,1H3,(H,12,13)/p-1. The molecule has 2 atom stereocenters. The highest BCUT2D eigenvalue weighted by atomic mass is 32.2. The van der Waals surface area contributed by atoms with Gasteiger partial charge < -0.3 is 4.55 Å². The molecule has 0 fully saturated rings. The van der Waals surface area contributed by atoms with Crippen LogP contribution in [-0.4, -0.2) is 31.4 Å². The summed E-state index contributed by atoms with van der Waals surface area (Å²) in [5.41, 5.74) is 0. The molecule has 0 N–H and O–H groups in total. The third-order valence-corrected chi connectivity index (χ3v) is 4.23. The average Bonchev–Trinajstić information content (AvgIpc) is 2.59. The van der Waals surface area contributed by atoms with E-state index in [-0.39, 0.29) is 5.75 Å². The summed E-state index contributed by atoms with van der Waals surface area (Å²) in [6, 6.07) is 0.366. The minimum Gasteiger partial charge on any atom is -0.772 e. The number of unbranched alkanes of at least 4 members (excludes halogenated alkanes) is 3. The van der Waals surface area contributed by atoms with Crippen LogP contribution in [0, 0.1) is 0 Å². The molecule has 0 aliphatic carbocycles. The maximum Gasteiger partial charge on any atom is 0.0794 e. The normalized spacial score (nSPS) is 22.8. The first-order chi connectivity index (χ1) is 7.22. The van der Waals surface area contributed by atoms with E-state index in [4.69, 9.17) is 0 Å². The van der Waals surface area contributed by atoms with Crippen molar-refractivity contribution < 1.29 is 8.76 Å². The maximum atomic E-state index is 10.5. The second kappa shape index (κ2) is 7.41. The molecule has 0 aromatic carbocycles. The van der Waals surface area contributed by atoms with Crippen LogP contribution in [0.25, 0.3) is 0 Å². The van der Waals surface area contributed by atoms with Gasteiger partial charge in [0.25, 0.3) is 0 Å². The fourth-order valence-electron chi connectivity index (χ4n) is 1.60. The summed E-state index contributed by atoms with van der Waals surface area (Å²) < 4.78 is 20.9. The van der Waals surface area contributed by atoms with Crippen LogP contribution >= 0.6 is 11.8 Å². The van der Waals surface area contributed by atoms with E-state index in [0.29, 0.717) is 6.04 Å². The predicted octanol–water partition coefficient (Wildman–Crippen LogP) is 2.35. The molecule has 88 valence electrons. The molecule has 15 heavy (non-hydrogen) atoms. The lowest BCUT2D eigenvalue weighted by Gasteiger charge is -2.04. The Morgan fingerprint density at radius 2 is 2.33 bits per heavy atom. The molecule has 0 bridgehead atoms. The monoisotopic (exact) mass is 248 g/mol. The minimum absolute atomic E-state index is 0.107. The zero-order valence-corrected chi connectivity index (χ0v) is 10.7. The van der Waals surface area contributed by atoms with Crippen molar-refractivity contribution in [3.8, 4) is 0 Å². The van der Waals surface area contributed by atoms with Crippen LogP contribution in [0.5, 0.6) is 0 Å². The number of nitrogens with zero attached hydrogens (tertiary/aromatic N) is 1. The predicted molar refractivity (Wildman–Crippen MR) is 66.2 cm³/mol. The summed E-state index contributed by atoms with van der Waals surface area (Å²) in [6.07, 6.45) is 6.15. The molecule has 0 aromatic heterocycles. The smallest absolute Gasteiger partial charge is 0.0794 e. The molecular weight excluding hydrogens is 230 g/mol. The van der Waals surface area contributed by atoms with E-state index in [1.165, 1.54) is 25.7 Å². The molecule has 0 amide bonds. The molecule has 0 saturated carbocycles. The second-order valence-electron chi connectivity index (χ2n) is 3.79. The van der Waals surface area contributed by atoms with Crippen molar-refractivity contribution in [1.82, 2.24) is 0 Å². The summed E-state index contributed by atoms with van der Waals surface area (Å²) >= 11 is -0.381. The zero-order chi connectivity index (χ0) is 11.1. The van der Waals surface area contributed by atoms with E-state index >= 15 is 0 Å². The first kappa shape index (κ1) is 13.2. The number of rotatable bonds is 7. The Labute approximate surface area is 98.4 Å². The van der Waals surface area contributed by atoms with E-state index in [0.717, 1.165) is 17.2 Å². The van der Waals surface area contributed by atoms with Crippen LogP contribution < -0.4 is 0 Å². The molecule has 1 aliphatic heterocycles. The summed E-state index contributed by atoms with van der Waals surface area (Å²) in [5.74, 6) is 1.08. The summed E-state index contributed by atoms with van der Waals surface area (Å²) in [7, 11) is 0. The summed E-state index contributed by atoms with van der Waals surface area (Å²) in [4.78, 5) is 4.41. The molecule has 3 nitrogen and oxygen atoms in total. The van der Waals surface area contributed by atoms with Crippen LogP contribution in [0.15, 0.2) is 4.99 Å². The largest absolute Gasteiger partial charge is 0.772 e. The summed E-state index contributed by atoms with van der Waals surface area (Å²) in [6.45, 7) is 2.20. The average molecular weight is 248 g/mol. The van der Waals surface area contributed by atoms with E-state index < -0.39 is 11.1 Å². The van der Waals surface area contributed by atoms with Gasteiger partial charge in [0.2, 0.25) is 0 Å². The van der Waals surface area contributed by atoms with Crippen LogP contribution in [0.1, 0.15) is 39.0 Å². The van der Waals surface area contributed by atoms with Gasteiger partial charge >= 0.3 is 0 Å². The Kier molecular flexibility index (Phi) is 6.52. The Morgan fingerprint density at radius 1 is 1.53 bits per heavy atom. The Bertz CT molecular complexity index is 244. The molecule has 0 aromatic rings. The fraction of sp³-hybridized carbons (Fsp3) is 0.900. The van der Waals surface area contributed by atoms with E-state index in [1.807, 2.05) is 0 Å². The Hall–Kier alpha value is 0.130. The minimum atomic E-state index is -1.98. The van der Waals surface area contributed by atoms with Crippen molar-refractivity contribution in [3.63, 3.8) is 0 Å². The van der Waals surface area contributed by atoms with Gasteiger partial charge in [-0.2, -0.15) is 0 Å².